The van der Waals surface area contributed by atoms with Crippen LogP contribution in [-0.4, -0.2) is 100 Å². The number of nitrogens with one attached hydrogen (secondary N) is 1. The molecule has 11 nitrogen and oxygen atoms in total. The van der Waals surface area contributed by atoms with Crippen LogP contribution in [0.15, 0.2) is 72.9 Å². The van der Waals surface area contributed by atoms with Crippen molar-refractivity contribution in [2.45, 2.75) is 326 Å². The summed E-state index contributed by atoms with van der Waals surface area (Å²) in [5.41, 5.74) is 0. The first-order valence-corrected chi connectivity index (χ1v) is 32.7. The summed E-state index contributed by atoms with van der Waals surface area (Å²) in [7, 11) is 0. The number of hydrogen-bond donors (Lipinski definition) is 6. The number of esters is 1. The number of rotatable bonds is 56. The summed E-state index contributed by atoms with van der Waals surface area (Å²) < 4.78 is 16.7. The highest BCUT2D eigenvalue weighted by Gasteiger charge is 2.44. The minimum atomic E-state index is -1.58. The topological polar surface area (TPSA) is 175 Å². The Labute approximate surface area is 483 Å². The molecule has 0 spiro atoms. The predicted octanol–water partition coefficient (Wildman–Crippen LogP) is 16.0. The van der Waals surface area contributed by atoms with Gasteiger partial charge in [0.1, 0.15) is 24.4 Å². The highest BCUT2D eigenvalue weighted by molar-refractivity contribution is 5.76. The van der Waals surface area contributed by atoms with Crippen LogP contribution >= 0.6 is 0 Å². The van der Waals surface area contributed by atoms with E-state index in [0.29, 0.717) is 25.9 Å². The number of aliphatic hydroxyl groups is 5. The molecule has 0 aromatic carbocycles. The Hall–Kier alpha value is -2.90. The van der Waals surface area contributed by atoms with Gasteiger partial charge in [-0.1, -0.05) is 234 Å². The van der Waals surface area contributed by atoms with E-state index in [0.717, 1.165) is 83.5 Å². The van der Waals surface area contributed by atoms with E-state index in [-0.39, 0.29) is 18.5 Å². The van der Waals surface area contributed by atoms with Gasteiger partial charge in [-0.2, -0.15) is 0 Å². The zero-order chi connectivity index (χ0) is 57.3. The average molecular weight is 1110 g/mol. The average Bonchev–Trinajstić information content (AvgIpc) is 3.46. The first kappa shape index (κ1) is 74.1. The zero-order valence-electron chi connectivity index (χ0n) is 50.6. The Morgan fingerprint density at radius 3 is 1.41 bits per heavy atom. The van der Waals surface area contributed by atoms with Crippen LogP contribution < -0.4 is 5.32 Å². The van der Waals surface area contributed by atoms with Gasteiger partial charge in [0.25, 0.3) is 0 Å². The molecule has 1 amide bonds. The van der Waals surface area contributed by atoms with E-state index < -0.39 is 49.5 Å². The number of ether oxygens (including phenoxy) is 3. The maximum absolute atomic E-state index is 13.0. The van der Waals surface area contributed by atoms with Crippen LogP contribution in [0.25, 0.3) is 0 Å². The van der Waals surface area contributed by atoms with Gasteiger partial charge in [0, 0.05) is 12.8 Å². The van der Waals surface area contributed by atoms with Crippen molar-refractivity contribution in [2.24, 2.45) is 0 Å². The molecule has 1 fully saturated rings. The van der Waals surface area contributed by atoms with Gasteiger partial charge >= 0.3 is 5.97 Å². The maximum atomic E-state index is 13.0. The summed E-state index contributed by atoms with van der Waals surface area (Å²) in [5.74, 6) is -0.213. The summed E-state index contributed by atoms with van der Waals surface area (Å²) >= 11 is 0. The van der Waals surface area contributed by atoms with Crippen LogP contribution in [0.1, 0.15) is 284 Å². The van der Waals surface area contributed by atoms with Crippen molar-refractivity contribution in [1.29, 1.82) is 0 Å². The Morgan fingerprint density at radius 1 is 0.494 bits per heavy atom. The summed E-state index contributed by atoms with van der Waals surface area (Å²) in [5, 5.41) is 54.2. The fraction of sp³-hybridized carbons (Fsp3) is 0.794. The number of hydrogen-bond acceptors (Lipinski definition) is 10. The van der Waals surface area contributed by atoms with Crippen molar-refractivity contribution in [2.75, 3.05) is 19.8 Å². The van der Waals surface area contributed by atoms with E-state index in [1.54, 1.807) is 6.08 Å². The molecule has 1 aliphatic heterocycles. The van der Waals surface area contributed by atoms with Crippen molar-refractivity contribution in [3.05, 3.63) is 72.9 Å². The molecule has 1 saturated heterocycles. The van der Waals surface area contributed by atoms with E-state index in [2.05, 4.69) is 66.9 Å². The molecule has 458 valence electrons. The van der Waals surface area contributed by atoms with Crippen LogP contribution in [0, 0.1) is 0 Å². The number of aliphatic hydroxyl groups excluding tert-OH is 5. The molecule has 0 aliphatic carbocycles. The summed E-state index contributed by atoms with van der Waals surface area (Å²) in [6.07, 6.45) is 66.2. The van der Waals surface area contributed by atoms with Crippen LogP contribution in [0.5, 0.6) is 0 Å². The Balaban J connectivity index is 1.98. The van der Waals surface area contributed by atoms with Gasteiger partial charge in [0.2, 0.25) is 5.91 Å². The third-order valence-corrected chi connectivity index (χ3v) is 15.1. The Morgan fingerprint density at radius 2 is 0.911 bits per heavy atom. The third kappa shape index (κ3) is 46.3. The lowest BCUT2D eigenvalue weighted by atomic mass is 9.99. The van der Waals surface area contributed by atoms with E-state index in [4.69, 9.17) is 14.2 Å². The van der Waals surface area contributed by atoms with Crippen molar-refractivity contribution < 1.29 is 49.3 Å². The number of carbonyl (C=O) groups excluding carboxylic acids is 2. The van der Waals surface area contributed by atoms with E-state index in [9.17, 15) is 35.1 Å². The standard InChI is InChI=1S/C68H121NO10/c1-3-5-7-9-11-13-14-15-16-26-30-33-36-40-44-48-52-56-64(73)77-57-53-49-45-41-37-34-31-28-25-23-21-19-17-18-20-22-24-27-29-32-35-39-43-47-51-55-63(72)69-60(61(71)54-50-46-42-38-12-10-8-6-4-2)59-78-68-67(76)66(75)65(74)62(58-70)79-68/h4,6,12,15-16,18-21,38,50,54,60-62,65-68,70-71,74-76H,3,5,7-11,13-14,17,22-37,39-49,51-53,55-59H2,1-2H3,(H,69,72)/b6-4+,16-15-,20-18-,21-19-,38-12+,54-50+. The SMILES string of the molecule is C/C=C/CC/C=C/CC/C=C/C(O)C(COC1OC(CO)C(O)C(O)C1O)NC(=O)CCCCCCCCCCC/C=C\C/C=C\CCCCCCCCCCCOC(=O)CCCCCCCCC/C=C\CCCCCCCC. The molecule has 1 rings (SSSR count). The van der Waals surface area contributed by atoms with Crippen LogP contribution in [0.3, 0.4) is 0 Å². The molecule has 79 heavy (non-hydrogen) atoms. The van der Waals surface area contributed by atoms with E-state index in [1.807, 2.05) is 19.1 Å². The molecule has 0 radical (unpaired) electrons. The van der Waals surface area contributed by atoms with Crippen LogP contribution in [0.4, 0.5) is 0 Å². The molecule has 0 saturated carbocycles. The Kier molecular flexibility index (Phi) is 53.4. The third-order valence-electron chi connectivity index (χ3n) is 15.1. The van der Waals surface area contributed by atoms with Gasteiger partial charge in [-0.15, -0.1) is 0 Å². The summed E-state index contributed by atoms with van der Waals surface area (Å²) in [6.45, 7) is 4.08. The van der Waals surface area contributed by atoms with Crippen molar-refractivity contribution in [3.8, 4) is 0 Å². The van der Waals surface area contributed by atoms with Crippen LogP contribution in [0.2, 0.25) is 0 Å². The fourth-order valence-corrected chi connectivity index (χ4v) is 9.91. The number of amides is 1. The highest BCUT2D eigenvalue weighted by atomic mass is 16.7. The quantitative estimate of drug-likeness (QED) is 0.0195. The van der Waals surface area contributed by atoms with E-state index in [1.165, 1.54) is 167 Å². The molecular weight excluding hydrogens is 991 g/mol. The highest BCUT2D eigenvalue weighted by Crippen LogP contribution is 2.23. The molecule has 0 aromatic heterocycles. The monoisotopic (exact) mass is 1110 g/mol. The Bertz CT molecular complexity index is 1540. The maximum Gasteiger partial charge on any atom is 0.305 e. The minimum Gasteiger partial charge on any atom is -0.466 e. The first-order chi connectivity index (χ1) is 38.7. The van der Waals surface area contributed by atoms with Crippen molar-refractivity contribution in [1.82, 2.24) is 5.32 Å². The minimum absolute atomic E-state index is 0.00635. The lowest BCUT2D eigenvalue weighted by molar-refractivity contribution is -0.302. The molecular formula is C68H121NO10. The molecule has 7 unspecified atom stereocenters. The van der Waals surface area contributed by atoms with Crippen molar-refractivity contribution in [3.63, 3.8) is 0 Å². The largest absolute Gasteiger partial charge is 0.466 e. The van der Waals surface area contributed by atoms with Gasteiger partial charge in [0.15, 0.2) is 6.29 Å². The smallest absolute Gasteiger partial charge is 0.305 e. The van der Waals surface area contributed by atoms with Gasteiger partial charge in [-0.25, -0.2) is 0 Å². The van der Waals surface area contributed by atoms with Gasteiger partial charge in [-0.3, -0.25) is 9.59 Å². The summed E-state index contributed by atoms with van der Waals surface area (Å²) in [6, 6.07) is -0.839. The molecule has 1 heterocycles. The molecule has 11 heteroatoms. The molecule has 6 N–H and O–H groups in total. The van der Waals surface area contributed by atoms with Gasteiger partial charge in [0.05, 0.1) is 32.0 Å². The van der Waals surface area contributed by atoms with Crippen LogP contribution in [-0.2, 0) is 23.8 Å². The number of carbonyl (C=O) groups is 2. The zero-order valence-corrected chi connectivity index (χ0v) is 50.6. The van der Waals surface area contributed by atoms with Gasteiger partial charge in [-0.05, 0) is 110 Å². The summed E-state index contributed by atoms with van der Waals surface area (Å²) in [4.78, 5) is 25.1. The predicted molar refractivity (Wildman–Crippen MR) is 329 cm³/mol. The van der Waals surface area contributed by atoms with Crippen molar-refractivity contribution >= 4 is 11.9 Å². The lowest BCUT2D eigenvalue weighted by Crippen LogP contribution is -2.60. The number of unbranched alkanes of at least 4 members (excludes halogenated alkanes) is 33. The lowest BCUT2D eigenvalue weighted by Gasteiger charge is -2.40. The molecule has 0 bridgehead atoms. The number of allylic oxidation sites excluding steroid dienone is 11. The fourth-order valence-electron chi connectivity index (χ4n) is 9.91. The second kappa shape index (κ2) is 56.9. The van der Waals surface area contributed by atoms with E-state index >= 15 is 0 Å². The molecule has 0 aromatic rings. The molecule has 7 atom stereocenters. The van der Waals surface area contributed by atoms with Gasteiger partial charge < -0.3 is 45.1 Å². The first-order valence-electron chi connectivity index (χ1n) is 32.7. The second-order valence-corrected chi connectivity index (χ2v) is 22.5. The normalized spacial score (nSPS) is 18.9. The second-order valence-electron chi connectivity index (χ2n) is 22.5. The molecule has 1 aliphatic rings.